The normalized spacial score (nSPS) is 11.5. The summed E-state index contributed by atoms with van der Waals surface area (Å²) in [7, 11) is 0. The van der Waals surface area contributed by atoms with Crippen LogP contribution in [0.2, 0.25) is 0 Å². The van der Waals surface area contributed by atoms with Crippen molar-refractivity contribution in [2.75, 3.05) is 0 Å². The maximum atomic E-state index is 12.3. The van der Waals surface area contributed by atoms with Gasteiger partial charge in [-0.25, -0.2) is 4.79 Å². The summed E-state index contributed by atoms with van der Waals surface area (Å²) in [5.74, 6) is 0. The Labute approximate surface area is 126 Å². The average Bonchev–Trinajstić information content (AvgIpc) is 2.83. The smallest absolute Gasteiger partial charge is 0.418 e. The Morgan fingerprint density at radius 3 is 2.33 bits per heavy atom. The van der Waals surface area contributed by atoms with E-state index < -0.39 is 5.60 Å². The van der Waals surface area contributed by atoms with Crippen LogP contribution in [0.3, 0.4) is 0 Å². The third kappa shape index (κ3) is 3.18. The second-order valence-electron chi connectivity index (χ2n) is 6.42. The third-order valence-electron chi connectivity index (χ3n) is 3.67. The first-order chi connectivity index (χ1) is 9.70. The molecule has 0 aliphatic carbocycles. The van der Waals surface area contributed by atoms with E-state index in [0.717, 1.165) is 11.3 Å². The second-order valence-corrected chi connectivity index (χ2v) is 6.42. The van der Waals surface area contributed by atoms with Gasteiger partial charge in [-0.3, -0.25) is 4.57 Å². The minimum Gasteiger partial charge on any atom is -0.443 e. The van der Waals surface area contributed by atoms with Gasteiger partial charge >= 0.3 is 6.09 Å². The highest BCUT2D eigenvalue weighted by atomic mass is 16.6. The fourth-order valence-corrected chi connectivity index (χ4v) is 2.30. The summed E-state index contributed by atoms with van der Waals surface area (Å²) in [4.78, 5) is 12.3. The molecule has 0 amide bonds. The lowest BCUT2D eigenvalue weighted by Crippen LogP contribution is -2.27. The number of hydrogen-bond donors (Lipinski definition) is 0. The molecule has 0 saturated heterocycles. The van der Waals surface area contributed by atoms with E-state index in [1.807, 2.05) is 32.9 Å². The maximum Gasteiger partial charge on any atom is 0.418 e. The van der Waals surface area contributed by atoms with Gasteiger partial charge in [0.25, 0.3) is 0 Å². The van der Waals surface area contributed by atoms with Crippen molar-refractivity contribution in [3.63, 3.8) is 0 Å². The number of nitrogens with zero attached hydrogens (tertiary/aromatic N) is 1. The molecule has 0 aliphatic heterocycles. The Bertz CT molecular complexity index is 675. The maximum absolute atomic E-state index is 12.3. The molecule has 2 aromatic rings. The van der Waals surface area contributed by atoms with Gasteiger partial charge in [0, 0.05) is 11.8 Å². The lowest BCUT2D eigenvalue weighted by molar-refractivity contribution is 0.0540. The van der Waals surface area contributed by atoms with Crippen LogP contribution < -0.4 is 0 Å². The molecule has 0 unspecified atom stereocenters. The molecule has 0 spiro atoms. The van der Waals surface area contributed by atoms with Gasteiger partial charge in [-0.2, -0.15) is 0 Å². The van der Waals surface area contributed by atoms with Crippen LogP contribution in [-0.4, -0.2) is 16.3 Å². The first-order valence-corrected chi connectivity index (χ1v) is 7.18. The monoisotopic (exact) mass is 285 g/mol. The molecule has 0 saturated carbocycles. The second kappa shape index (κ2) is 5.40. The minimum atomic E-state index is -0.503. The predicted octanol–water partition coefficient (Wildman–Crippen LogP) is 4.86. The van der Waals surface area contributed by atoms with E-state index in [1.165, 1.54) is 16.7 Å². The van der Waals surface area contributed by atoms with Crippen LogP contribution in [0.1, 0.15) is 37.5 Å². The summed E-state index contributed by atoms with van der Waals surface area (Å²) in [6.07, 6.45) is 1.40. The van der Waals surface area contributed by atoms with Crippen molar-refractivity contribution >= 4 is 6.09 Å². The Hall–Kier alpha value is -2.03. The molecular weight excluding hydrogens is 262 g/mol. The van der Waals surface area contributed by atoms with Crippen LogP contribution in [0, 0.1) is 20.8 Å². The topological polar surface area (TPSA) is 31.2 Å². The van der Waals surface area contributed by atoms with Gasteiger partial charge in [-0.05, 0) is 70.4 Å². The van der Waals surface area contributed by atoms with Gasteiger partial charge in [0.1, 0.15) is 5.60 Å². The van der Waals surface area contributed by atoms with Gasteiger partial charge in [0.05, 0.1) is 5.69 Å². The summed E-state index contributed by atoms with van der Waals surface area (Å²) in [5.41, 5.74) is 5.13. The number of aromatic nitrogens is 1. The zero-order valence-corrected chi connectivity index (χ0v) is 13.7. The third-order valence-corrected chi connectivity index (χ3v) is 3.67. The lowest BCUT2D eigenvalue weighted by Gasteiger charge is -2.21. The highest BCUT2D eigenvalue weighted by Gasteiger charge is 2.20. The van der Waals surface area contributed by atoms with E-state index in [9.17, 15) is 4.79 Å². The van der Waals surface area contributed by atoms with E-state index >= 15 is 0 Å². The molecule has 112 valence electrons. The number of rotatable bonds is 1. The Morgan fingerprint density at radius 1 is 1.05 bits per heavy atom. The largest absolute Gasteiger partial charge is 0.443 e. The summed E-state index contributed by atoms with van der Waals surface area (Å²) < 4.78 is 7.03. The zero-order valence-electron chi connectivity index (χ0n) is 13.7. The molecule has 2 rings (SSSR count). The Kier molecular flexibility index (Phi) is 3.95. The minimum absolute atomic E-state index is 0.347. The summed E-state index contributed by atoms with van der Waals surface area (Å²) in [5, 5.41) is 0. The quantitative estimate of drug-likeness (QED) is 0.749. The van der Waals surface area contributed by atoms with Crippen molar-refractivity contribution in [3.05, 3.63) is 47.2 Å². The number of aryl methyl sites for hydroxylation is 1. The highest BCUT2D eigenvalue weighted by Crippen LogP contribution is 2.28. The molecule has 0 atom stereocenters. The standard InChI is InChI=1S/C18H23NO2/c1-12-9-10-15(14(3)13(12)2)16-8-7-11-19(16)17(20)21-18(4,5)6/h7-11H,1-6H3. The molecule has 0 bridgehead atoms. The summed E-state index contributed by atoms with van der Waals surface area (Å²) in [6.45, 7) is 11.9. The molecule has 3 nitrogen and oxygen atoms in total. The highest BCUT2D eigenvalue weighted by molar-refractivity contribution is 5.80. The van der Waals surface area contributed by atoms with Gasteiger partial charge in [0.15, 0.2) is 0 Å². The van der Waals surface area contributed by atoms with Crippen LogP contribution in [0.25, 0.3) is 11.3 Å². The van der Waals surface area contributed by atoms with Gasteiger partial charge < -0.3 is 4.74 Å². The van der Waals surface area contributed by atoms with Crippen molar-refractivity contribution in [3.8, 4) is 11.3 Å². The molecule has 0 fully saturated rings. The molecule has 0 aliphatic rings. The van der Waals surface area contributed by atoms with Crippen LogP contribution in [0.4, 0.5) is 4.79 Å². The van der Waals surface area contributed by atoms with Crippen LogP contribution in [0.5, 0.6) is 0 Å². The average molecular weight is 285 g/mol. The van der Waals surface area contributed by atoms with Crippen molar-refractivity contribution in [1.29, 1.82) is 0 Å². The van der Waals surface area contributed by atoms with E-state index in [2.05, 4.69) is 32.9 Å². The van der Waals surface area contributed by atoms with Gasteiger partial charge in [0.2, 0.25) is 0 Å². The van der Waals surface area contributed by atoms with E-state index in [4.69, 9.17) is 4.74 Å². The fraction of sp³-hybridized carbons (Fsp3) is 0.389. The van der Waals surface area contributed by atoms with Crippen molar-refractivity contribution < 1.29 is 9.53 Å². The van der Waals surface area contributed by atoms with Crippen LogP contribution in [0.15, 0.2) is 30.5 Å². The first-order valence-electron chi connectivity index (χ1n) is 7.18. The SMILES string of the molecule is Cc1ccc(-c2cccn2C(=O)OC(C)(C)C)c(C)c1C. The lowest BCUT2D eigenvalue weighted by atomic mass is 9.97. The van der Waals surface area contributed by atoms with Gasteiger partial charge in [-0.1, -0.05) is 12.1 Å². The van der Waals surface area contributed by atoms with E-state index in [1.54, 1.807) is 10.8 Å². The number of hydrogen-bond acceptors (Lipinski definition) is 2. The first kappa shape index (κ1) is 15.4. The Morgan fingerprint density at radius 2 is 1.71 bits per heavy atom. The van der Waals surface area contributed by atoms with Gasteiger partial charge in [-0.15, -0.1) is 0 Å². The van der Waals surface area contributed by atoms with Crippen LogP contribution in [-0.2, 0) is 4.74 Å². The van der Waals surface area contributed by atoms with Crippen molar-refractivity contribution in [2.45, 2.75) is 47.1 Å². The fourth-order valence-electron chi connectivity index (χ4n) is 2.30. The molecule has 1 aromatic heterocycles. The summed E-state index contributed by atoms with van der Waals surface area (Å²) >= 11 is 0. The molecule has 3 heteroatoms. The molecule has 0 N–H and O–H groups in total. The zero-order chi connectivity index (χ0) is 15.8. The van der Waals surface area contributed by atoms with E-state index in [0.29, 0.717) is 0 Å². The van der Waals surface area contributed by atoms with Crippen molar-refractivity contribution in [2.24, 2.45) is 0 Å². The number of benzene rings is 1. The van der Waals surface area contributed by atoms with E-state index in [-0.39, 0.29) is 6.09 Å². The number of carbonyl (C=O) groups is 1. The van der Waals surface area contributed by atoms with Crippen molar-refractivity contribution in [1.82, 2.24) is 4.57 Å². The molecule has 1 heterocycles. The van der Waals surface area contributed by atoms with Crippen LogP contribution >= 0.6 is 0 Å². The number of ether oxygens (including phenoxy) is 1. The summed E-state index contributed by atoms with van der Waals surface area (Å²) in [6, 6.07) is 7.97. The molecule has 1 aromatic carbocycles. The molecule has 21 heavy (non-hydrogen) atoms. The predicted molar refractivity (Wildman–Crippen MR) is 85.7 cm³/mol. The molecular formula is C18H23NO2. The Balaban J connectivity index is 2.46. The molecule has 0 radical (unpaired) electrons. The number of carbonyl (C=O) groups excluding carboxylic acids is 1.